The number of fused-ring (bicyclic) bond motifs is 3. The normalized spacial score (nSPS) is 17.8. The van der Waals surface area contributed by atoms with Crippen molar-refractivity contribution >= 4 is 19.4 Å². The first kappa shape index (κ1) is 16.0. The first-order valence-electron chi connectivity index (χ1n) is 7.92. The molecule has 0 fully saturated rings. The van der Waals surface area contributed by atoms with E-state index in [4.69, 9.17) is 14.4 Å². The molecule has 2 heterocycles. The molecule has 0 radical (unpaired) electrons. The summed E-state index contributed by atoms with van der Waals surface area (Å²) in [4.78, 5) is 4.49. The van der Waals surface area contributed by atoms with Crippen molar-refractivity contribution in [3.8, 4) is 12.1 Å². The maximum absolute atomic E-state index is 8.97. The molecule has 0 spiro atoms. The van der Waals surface area contributed by atoms with Gasteiger partial charge in [-0.3, -0.25) is 4.57 Å². The Bertz CT molecular complexity index is 783. The number of hydrogen-bond acceptors (Lipinski definition) is 4. The number of rotatable bonds is 3. The van der Waals surface area contributed by atoms with Crippen LogP contribution in [0.2, 0.25) is 18.1 Å². The van der Waals surface area contributed by atoms with Gasteiger partial charge in [0.2, 0.25) is 0 Å². The zero-order valence-electron chi connectivity index (χ0n) is 14.4. The third-order valence-corrected chi connectivity index (χ3v) is 9.44. The molecule has 5 nitrogen and oxygen atoms in total. The Labute approximate surface area is 138 Å². The summed E-state index contributed by atoms with van der Waals surface area (Å²) in [6, 6.07) is 8.31. The van der Waals surface area contributed by atoms with Crippen LogP contribution < -0.4 is 4.74 Å². The van der Waals surface area contributed by atoms with Gasteiger partial charge < -0.3 is 9.16 Å². The molecule has 1 aliphatic heterocycles. The molecule has 0 aliphatic carbocycles. The van der Waals surface area contributed by atoms with E-state index in [1.165, 1.54) is 0 Å². The van der Waals surface area contributed by atoms with E-state index in [0.717, 1.165) is 17.6 Å². The molecule has 3 rings (SSSR count). The van der Waals surface area contributed by atoms with E-state index in [9.17, 15) is 0 Å². The minimum Gasteiger partial charge on any atom is -0.457 e. The lowest BCUT2D eigenvalue weighted by Gasteiger charge is -2.36. The van der Waals surface area contributed by atoms with Gasteiger partial charge in [-0.1, -0.05) is 20.8 Å². The maximum Gasteiger partial charge on any atom is 0.297 e. The minimum atomic E-state index is -1.77. The number of aromatic nitrogens is 2. The van der Waals surface area contributed by atoms with Crippen molar-refractivity contribution in [3.63, 3.8) is 0 Å². The molecule has 2 aromatic rings. The predicted octanol–water partition coefficient (Wildman–Crippen LogP) is 3.69. The Morgan fingerprint density at radius 1 is 1.43 bits per heavy atom. The van der Waals surface area contributed by atoms with Gasteiger partial charge in [-0.15, -0.1) is 0 Å². The van der Waals surface area contributed by atoms with Crippen LogP contribution in [0, 0.1) is 11.3 Å². The van der Waals surface area contributed by atoms with Gasteiger partial charge in [0.25, 0.3) is 6.01 Å². The van der Waals surface area contributed by atoms with E-state index in [1.54, 1.807) is 6.07 Å². The highest BCUT2D eigenvalue weighted by atomic mass is 28.4. The van der Waals surface area contributed by atoms with E-state index in [2.05, 4.69) is 49.5 Å². The SMILES string of the molecule is CC(C)(C)[Si](C)(C)OC[C@@H]1Cn2c(nc3cc(C#N)ccc32)O1. The summed E-state index contributed by atoms with van der Waals surface area (Å²) in [7, 11) is -1.77. The average molecular weight is 329 g/mol. The van der Waals surface area contributed by atoms with Crippen LogP contribution in [0.15, 0.2) is 18.2 Å². The van der Waals surface area contributed by atoms with Crippen molar-refractivity contribution < 1.29 is 9.16 Å². The molecule has 0 saturated heterocycles. The van der Waals surface area contributed by atoms with Gasteiger partial charge in [-0.2, -0.15) is 10.2 Å². The van der Waals surface area contributed by atoms with Crippen LogP contribution in [0.1, 0.15) is 26.3 Å². The van der Waals surface area contributed by atoms with Gasteiger partial charge in [0.15, 0.2) is 8.32 Å². The first-order valence-corrected chi connectivity index (χ1v) is 10.8. The Morgan fingerprint density at radius 3 is 2.83 bits per heavy atom. The number of nitrogens with zero attached hydrogens (tertiary/aromatic N) is 3. The van der Waals surface area contributed by atoms with Crippen LogP contribution in [0.5, 0.6) is 6.01 Å². The van der Waals surface area contributed by atoms with Crippen LogP contribution in [0.25, 0.3) is 11.0 Å². The van der Waals surface area contributed by atoms with Crippen molar-refractivity contribution in [3.05, 3.63) is 23.8 Å². The molecule has 0 bridgehead atoms. The number of ether oxygens (including phenoxy) is 1. The zero-order valence-corrected chi connectivity index (χ0v) is 15.4. The lowest BCUT2D eigenvalue weighted by Crippen LogP contribution is -2.43. The smallest absolute Gasteiger partial charge is 0.297 e. The molecule has 122 valence electrons. The average Bonchev–Trinajstić information content (AvgIpc) is 3.00. The standard InChI is InChI=1S/C17H23N3O2Si/c1-17(2,3)23(4,5)21-11-13-10-20-15-7-6-12(9-18)8-14(15)19-16(20)22-13/h6-8,13H,10-11H2,1-5H3/t13-/m0/s1. The summed E-state index contributed by atoms with van der Waals surface area (Å²) < 4.78 is 14.3. The number of benzene rings is 1. The summed E-state index contributed by atoms with van der Waals surface area (Å²) in [6.45, 7) is 12.5. The van der Waals surface area contributed by atoms with E-state index in [1.807, 2.05) is 12.1 Å². The Hall–Kier alpha value is -1.84. The first-order chi connectivity index (χ1) is 10.7. The van der Waals surface area contributed by atoms with Crippen molar-refractivity contribution in [1.29, 1.82) is 5.26 Å². The summed E-state index contributed by atoms with van der Waals surface area (Å²) in [5, 5.41) is 9.16. The molecule has 0 amide bonds. The summed E-state index contributed by atoms with van der Waals surface area (Å²) >= 11 is 0. The van der Waals surface area contributed by atoms with Gasteiger partial charge in [0.1, 0.15) is 6.10 Å². The van der Waals surface area contributed by atoms with Gasteiger partial charge in [0.05, 0.1) is 35.8 Å². The topological polar surface area (TPSA) is 60.1 Å². The molecule has 0 unspecified atom stereocenters. The Balaban J connectivity index is 1.72. The van der Waals surface area contributed by atoms with Crippen LogP contribution in [0.4, 0.5) is 0 Å². The second-order valence-corrected chi connectivity index (χ2v) is 12.4. The lowest BCUT2D eigenvalue weighted by atomic mass is 10.2. The molecule has 1 aromatic heterocycles. The van der Waals surface area contributed by atoms with Gasteiger partial charge >= 0.3 is 0 Å². The third kappa shape index (κ3) is 2.87. The van der Waals surface area contributed by atoms with E-state index in [-0.39, 0.29) is 11.1 Å². The van der Waals surface area contributed by atoms with Crippen LogP contribution in [0.3, 0.4) is 0 Å². The van der Waals surface area contributed by atoms with Crippen LogP contribution >= 0.6 is 0 Å². The monoisotopic (exact) mass is 329 g/mol. The lowest BCUT2D eigenvalue weighted by molar-refractivity contribution is 0.134. The van der Waals surface area contributed by atoms with Crippen molar-refractivity contribution in [2.24, 2.45) is 0 Å². The van der Waals surface area contributed by atoms with E-state index < -0.39 is 8.32 Å². The fourth-order valence-corrected chi connectivity index (χ4v) is 3.47. The van der Waals surface area contributed by atoms with Crippen molar-refractivity contribution in [1.82, 2.24) is 9.55 Å². The summed E-state index contributed by atoms with van der Waals surface area (Å²) in [5.41, 5.74) is 2.43. The molecular weight excluding hydrogens is 306 g/mol. The van der Waals surface area contributed by atoms with E-state index >= 15 is 0 Å². The molecule has 23 heavy (non-hydrogen) atoms. The zero-order chi connectivity index (χ0) is 16.8. The molecular formula is C17H23N3O2Si. The highest BCUT2D eigenvalue weighted by molar-refractivity contribution is 6.74. The highest BCUT2D eigenvalue weighted by Gasteiger charge is 2.38. The fourth-order valence-electron chi connectivity index (χ4n) is 2.44. The fraction of sp³-hybridized carbons (Fsp3) is 0.529. The van der Waals surface area contributed by atoms with Crippen LogP contribution in [-0.4, -0.2) is 30.6 Å². The largest absolute Gasteiger partial charge is 0.457 e. The molecule has 1 atom stereocenters. The molecule has 6 heteroatoms. The molecule has 1 aliphatic rings. The molecule has 0 saturated carbocycles. The summed E-state index contributed by atoms with van der Waals surface area (Å²) in [5.74, 6) is 0. The third-order valence-electron chi connectivity index (χ3n) is 4.94. The van der Waals surface area contributed by atoms with Crippen LogP contribution in [-0.2, 0) is 11.0 Å². The minimum absolute atomic E-state index is 0.00617. The maximum atomic E-state index is 8.97. The number of nitriles is 1. The number of imidazole rings is 1. The predicted molar refractivity (Wildman–Crippen MR) is 92.0 cm³/mol. The molecule has 0 N–H and O–H groups in total. The van der Waals surface area contributed by atoms with Gasteiger partial charge in [0, 0.05) is 0 Å². The number of hydrogen-bond donors (Lipinski definition) is 0. The van der Waals surface area contributed by atoms with E-state index in [0.29, 0.717) is 18.2 Å². The van der Waals surface area contributed by atoms with Gasteiger partial charge in [-0.05, 0) is 36.3 Å². The second-order valence-electron chi connectivity index (χ2n) is 7.63. The van der Waals surface area contributed by atoms with Crippen molar-refractivity contribution in [2.45, 2.75) is 51.6 Å². The Kier molecular flexibility index (Phi) is 3.73. The summed E-state index contributed by atoms with van der Waals surface area (Å²) in [6.07, 6.45) is 0.00617. The Morgan fingerprint density at radius 2 is 2.17 bits per heavy atom. The second kappa shape index (κ2) is 5.36. The highest BCUT2D eigenvalue weighted by Crippen LogP contribution is 2.37. The molecule has 1 aromatic carbocycles. The quantitative estimate of drug-likeness (QED) is 0.806. The van der Waals surface area contributed by atoms with Crippen molar-refractivity contribution in [2.75, 3.05) is 6.61 Å². The van der Waals surface area contributed by atoms with Gasteiger partial charge in [-0.25, -0.2) is 0 Å².